The lowest BCUT2D eigenvalue weighted by Crippen LogP contribution is -2.29. The first-order chi connectivity index (χ1) is 10.2. The first-order valence-corrected chi connectivity index (χ1v) is 10.1. The minimum absolute atomic E-state index is 0.261. The van der Waals surface area contributed by atoms with Gasteiger partial charge in [0.2, 0.25) is 0 Å². The van der Waals surface area contributed by atoms with Crippen molar-refractivity contribution in [2.75, 3.05) is 5.75 Å². The first kappa shape index (κ1) is 21.1. The van der Waals surface area contributed by atoms with E-state index in [1.165, 1.54) is 32.1 Å². The lowest BCUT2D eigenvalue weighted by molar-refractivity contribution is 0.0358. The normalized spacial score (nSPS) is 15.8. The maximum atomic E-state index is 11.9. The zero-order chi connectivity index (χ0) is 15.9. The van der Waals surface area contributed by atoms with Crippen molar-refractivity contribution in [1.82, 2.24) is 0 Å². The van der Waals surface area contributed by atoms with E-state index in [9.17, 15) is 9.32 Å². The Balaban J connectivity index is 3.94. The van der Waals surface area contributed by atoms with Gasteiger partial charge in [-0.25, -0.2) is 4.21 Å². The number of hydrogen-bond acceptors (Lipinski definition) is 3. The number of aliphatic hydroxyl groups excluding tert-OH is 1. The molecule has 0 fully saturated rings. The predicted octanol–water partition coefficient (Wildman–Crippen LogP) is 4.75. The fourth-order valence-corrected chi connectivity index (χ4v) is 3.39. The maximum absolute atomic E-state index is 11.9. The standard InChI is InChI=1S/C17H36O3S/c1-4-7-9-10-11-12-14-17(16(18)6-3)20-21(19)15-13-8-5-2/h16-18H,4-15H2,1-3H3. The van der Waals surface area contributed by atoms with E-state index >= 15 is 0 Å². The van der Waals surface area contributed by atoms with Crippen LogP contribution in [0.4, 0.5) is 0 Å². The fourth-order valence-electron chi connectivity index (χ4n) is 2.35. The molecule has 0 rings (SSSR count). The Morgan fingerprint density at radius 2 is 1.48 bits per heavy atom. The third-order valence-electron chi connectivity index (χ3n) is 3.84. The predicted molar refractivity (Wildman–Crippen MR) is 91.7 cm³/mol. The van der Waals surface area contributed by atoms with Crippen molar-refractivity contribution >= 4 is 11.1 Å². The molecule has 0 heterocycles. The van der Waals surface area contributed by atoms with Crippen molar-refractivity contribution in [2.24, 2.45) is 0 Å². The van der Waals surface area contributed by atoms with Crippen LogP contribution in [0.5, 0.6) is 0 Å². The molecule has 3 unspecified atom stereocenters. The monoisotopic (exact) mass is 320 g/mol. The summed E-state index contributed by atoms with van der Waals surface area (Å²) >= 11 is -1.24. The number of aliphatic hydroxyl groups is 1. The molecule has 0 aromatic heterocycles. The highest BCUT2D eigenvalue weighted by Gasteiger charge is 2.20. The van der Waals surface area contributed by atoms with E-state index in [-0.39, 0.29) is 6.10 Å². The van der Waals surface area contributed by atoms with Crippen molar-refractivity contribution in [3.05, 3.63) is 0 Å². The van der Waals surface area contributed by atoms with Gasteiger partial charge in [-0.1, -0.05) is 72.1 Å². The molecule has 0 aromatic rings. The number of rotatable bonds is 15. The average molecular weight is 321 g/mol. The van der Waals surface area contributed by atoms with Crippen LogP contribution >= 0.6 is 0 Å². The van der Waals surface area contributed by atoms with E-state index in [0.29, 0.717) is 12.2 Å². The van der Waals surface area contributed by atoms with Gasteiger partial charge in [-0.05, 0) is 19.3 Å². The topological polar surface area (TPSA) is 46.5 Å². The Kier molecular flexibility index (Phi) is 15.0. The molecule has 4 heteroatoms. The molecule has 128 valence electrons. The van der Waals surface area contributed by atoms with Crippen molar-refractivity contribution in [2.45, 2.75) is 104 Å². The van der Waals surface area contributed by atoms with Gasteiger partial charge in [0.1, 0.15) is 6.10 Å². The molecular weight excluding hydrogens is 284 g/mol. The van der Waals surface area contributed by atoms with Crippen LogP contribution in [-0.2, 0) is 15.3 Å². The Morgan fingerprint density at radius 1 is 0.905 bits per heavy atom. The summed E-state index contributed by atoms with van der Waals surface area (Å²) in [5.41, 5.74) is 0. The second kappa shape index (κ2) is 15.0. The quantitative estimate of drug-likeness (QED) is 0.443. The lowest BCUT2D eigenvalue weighted by atomic mass is 10.0. The minimum atomic E-state index is -1.24. The molecule has 0 amide bonds. The van der Waals surface area contributed by atoms with Gasteiger partial charge < -0.3 is 5.11 Å². The third-order valence-corrected chi connectivity index (χ3v) is 4.92. The van der Waals surface area contributed by atoms with Crippen LogP contribution in [0.25, 0.3) is 0 Å². The Hall–Kier alpha value is 0.0700. The third kappa shape index (κ3) is 12.3. The van der Waals surface area contributed by atoms with Gasteiger partial charge in [0, 0.05) is 5.75 Å². The fraction of sp³-hybridized carbons (Fsp3) is 1.00. The van der Waals surface area contributed by atoms with Crippen LogP contribution in [0.3, 0.4) is 0 Å². The second-order valence-corrected chi connectivity index (χ2v) is 7.09. The van der Waals surface area contributed by atoms with Crippen LogP contribution in [0, 0.1) is 0 Å². The van der Waals surface area contributed by atoms with Crippen LogP contribution in [0.1, 0.15) is 91.4 Å². The summed E-state index contributed by atoms with van der Waals surface area (Å²) in [6, 6.07) is 0. The van der Waals surface area contributed by atoms with Gasteiger partial charge in [-0.15, -0.1) is 0 Å². The molecule has 0 aromatic carbocycles. The minimum Gasteiger partial charge on any atom is -0.390 e. The van der Waals surface area contributed by atoms with E-state index in [2.05, 4.69) is 13.8 Å². The van der Waals surface area contributed by atoms with Gasteiger partial charge in [-0.3, -0.25) is 4.18 Å². The van der Waals surface area contributed by atoms with Crippen LogP contribution in [0.2, 0.25) is 0 Å². The summed E-state index contributed by atoms with van der Waals surface area (Å²) in [6.45, 7) is 6.30. The molecule has 0 saturated heterocycles. The van der Waals surface area contributed by atoms with E-state index in [0.717, 1.165) is 32.1 Å². The van der Waals surface area contributed by atoms with Crippen molar-refractivity contribution in [1.29, 1.82) is 0 Å². The zero-order valence-corrected chi connectivity index (χ0v) is 15.1. The van der Waals surface area contributed by atoms with Crippen molar-refractivity contribution < 1.29 is 13.5 Å². The largest absolute Gasteiger partial charge is 0.390 e. The van der Waals surface area contributed by atoms with Gasteiger partial charge in [-0.2, -0.15) is 0 Å². The van der Waals surface area contributed by atoms with E-state index < -0.39 is 17.2 Å². The Bertz CT molecular complexity index is 246. The van der Waals surface area contributed by atoms with Gasteiger partial charge >= 0.3 is 0 Å². The molecule has 0 radical (unpaired) electrons. The molecule has 3 atom stereocenters. The summed E-state index contributed by atoms with van der Waals surface area (Å²) in [5, 5.41) is 10.0. The lowest BCUT2D eigenvalue weighted by Gasteiger charge is -2.21. The smallest absolute Gasteiger partial charge is 0.155 e. The second-order valence-electron chi connectivity index (χ2n) is 5.88. The average Bonchev–Trinajstić information content (AvgIpc) is 2.49. The van der Waals surface area contributed by atoms with E-state index in [4.69, 9.17) is 4.18 Å². The number of hydrogen-bond donors (Lipinski definition) is 1. The molecule has 0 bridgehead atoms. The van der Waals surface area contributed by atoms with E-state index in [1.807, 2.05) is 6.92 Å². The molecular formula is C17H36O3S. The molecule has 0 spiro atoms. The van der Waals surface area contributed by atoms with Crippen LogP contribution in [-0.4, -0.2) is 27.3 Å². The highest BCUT2D eigenvalue weighted by Crippen LogP contribution is 2.16. The molecule has 3 nitrogen and oxygen atoms in total. The van der Waals surface area contributed by atoms with Crippen molar-refractivity contribution in [3.8, 4) is 0 Å². The van der Waals surface area contributed by atoms with Crippen molar-refractivity contribution in [3.63, 3.8) is 0 Å². The van der Waals surface area contributed by atoms with Gasteiger partial charge in [0.05, 0.1) is 6.10 Å². The van der Waals surface area contributed by atoms with Gasteiger partial charge in [0.25, 0.3) is 0 Å². The molecule has 0 aliphatic carbocycles. The zero-order valence-electron chi connectivity index (χ0n) is 14.3. The molecule has 0 saturated carbocycles. The summed E-state index contributed by atoms with van der Waals surface area (Å²) < 4.78 is 17.5. The summed E-state index contributed by atoms with van der Waals surface area (Å²) in [7, 11) is 0. The summed E-state index contributed by atoms with van der Waals surface area (Å²) in [4.78, 5) is 0. The molecule has 21 heavy (non-hydrogen) atoms. The maximum Gasteiger partial charge on any atom is 0.155 e. The molecule has 1 N–H and O–H groups in total. The van der Waals surface area contributed by atoms with Crippen LogP contribution in [0.15, 0.2) is 0 Å². The summed E-state index contributed by atoms with van der Waals surface area (Å²) in [5.74, 6) is 0.595. The molecule has 0 aliphatic heterocycles. The number of unbranched alkanes of at least 4 members (excludes halogenated alkanes) is 7. The Morgan fingerprint density at radius 3 is 2.10 bits per heavy atom. The first-order valence-electron chi connectivity index (χ1n) is 8.89. The summed E-state index contributed by atoms with van der Waals surface area (Å²) in [6.07, 6.45) is 11.2. The Labute approximate surface area is 134 Å². The van der Waals surface area contributed by atoms with Crippen LogP contribution < -0.4 is 0 Å². The highest BCUT2D eigenvalue weighted by molar-refractivity contribution is 7.80. The van der Waals surface area contributed by atoms with E-state index in [1.54, 1.807) is 0 Å². The van der Waals surface area contributed by atoms with Gasteiger partial charge in [0.15, 0.2) is 11.1 Å². The SMILES string of the molecule is CCCCCCCCC(OS(=O)CCCCC)C(O)CC. The molecule has 0 aliphatic rings. The highest BCUT2D eigenvalue weighted by atomic mass is 32.2.